The molecule has 86 valence electrons. The fraction of sp³-hybridized carbons (Fsp3) is 0.667. The summed E-state index contributed by atoms with van der Waals surface area (Å²) in [4.78, 5) is 33.3. The number of hydrogen-bond acceptors (Lipinski definition) is 5. The van der Waals surface area contributed by atoms with E-state index in [0.717, 1.165) is 0 Å². The Bertz CT molecular complexity index is 233. The van der Waals surface area contributed by atoms with Crippen LogP contribution in [-0.4, -0.2) is 37.1 Å². The van der Waals surface area contributed by atoms with Crippen molar-refractivity contribution in [3.05, 3.63) is 0 Å². The summed E-state index contributed by atoms with van der Waals surface area (Å²) in [6.07, 6.45) is 0. The second kappa shape index (κ2) is 6.80. The van der Waals surface area contributed by atoms with Gasteiger partial charge in [-0.3, -0.25) is 4.79 Å². The third-order valence-corrected chi connectivity index (χ3v) is 1.39. The molecule has 0 aromatic rings. The second-order valence-electron chi connectivity index (χ2n) is 2.64. The fourth-order valence-corrected chi connectivity index (χ4v) is 0.869. The number of carbonyl (C=O) groups is 3. The van der Waals surface area contributed by atoms with Gasteiger partial charge in [0.25, 0.3) is 0 Å². The molecule has 1 N–H and O–H groups in total. The van der Waals surface area contributed by atoms with Crippen molar-refractivity contribution in [3.8, 4) is 0 Å². The van der Waals surface area contributed by atoms with Crippen molar-refractivity contribution in [2.24, 2.45) is 0 Å². The van der Waals surface area contributed by atoms with Gasteiger partial charge >= 0.3 is 11.9 Å². The van der Waals surface area contributed by atoms with Gasteiger partial charge < -0.3 is 14.8 Å². The topological polar surface area (TPSA) is 81.7 Å². The van der Waals surface area contributed by atoms with Gasteiger partial charge in [0.2, 0.25) is 11.9 Å². The molecule has 0 atom stereocenters. The number of hydrogen-bond donors (Lipinski definition) is 1. The van der Waals surface area contributed by atoms with E-state index in [2.05, 4.69) is 14.8 Å². The van der Waals surface area contributed by atoms with Crippen LogP contribution in [0.5, 0.6) is 0 Å². The Kier molecular flexibility index (Phi) is 6.08. The standard InChI is InChI=1S/C9H15NO5/c1-4-14-8(12)7(10-6(3)11)9(13)15-5-2/h7H,4-5H2,1-3H3,(H,10,11)/i7+1,8+1,9+1,10+1. The zero-order chi connectivity index (χ0) is 11.8. The second-order valence-corrected chi connectivity index (χ2v) is 2.64. The molecule has 15 heavy (non-hydrogen) atoms. The summed E-state index contributed by atoms with van der Waals surface area (Å²) >= 11 is 0. The minimum absolute atomic E-state index is 0.133. The molecule has 0 spiro atoms. The Morgan fingerprint density at radius 3 is 1.73 bits per heavy atom. The highest BCUT2D eigenvalue weighted by Gasteiger charge is 2.30. The van der Waals surface area contributed by atoms with Gasteiger partial charge in [-0.05, 0) is 13.8 Å². The molecule has 6 heteroatoms. The van der Waals surface area contributed by atoms with Gasteiger partial charge in [-0.1, -0.05) is 0 Å². The van der Waals surface area contributed by atoms with Gasteiger partial charge in [0.1, 0.15) is 0 Å². The maximum atomic E-state index is 11.3. The lowest BCUT2D eigenvalue weighted by Gasteiger charge is -2.14. The predicted octanol–water partition coefficient (Wildman–Crippen LogP) is -0.383. The van der Waals surface area contributed by atoms with Gasteiger partial charge in [-0.15, -0.1) is 0 Å². The van der Waals surface area contributed by atoms with Crippen LogP contribution in [0.1, 0.15) is 20.8 Å². The first-order chi connectivity index (χ1) is 7.02. The van der Waals surface area contributed by atoms with Crippen molar-refractivity contribution >= 4 is 17.8 Å². The van der Waals surface area contributed by atoms with Crippen LogP contribution in [0.4, 0.5) is 0 Å². The molecule has 0 aromatic heterocycles. The summed E-state index contributed by atoms with van der Waals surface area (Å²) in [7, 11) is 0. The number of esters is 2. The van der Waals surface area contributed by atoms with E-state index < -0.39 is 23.9 Å². The number of ether oxygens (including phenoxy) is 2. The largest absolute Gasteiger partial charge is 0.464 e. The molecular formula is C9H15NO5. The highest BCUT2D eigenvalue weighted by Crippen LogP contribution is 1.94. The van der Waals surface area contributed by atoms with E-state index >= 15 is 0 Å². The number of carbonyl (C=O) groups excluding carboxylic acids is 3. The van der Waals surface area contributed by atoms with E-state index in [1.807, 2.05) is 0 Å². The molecule has 0 saturated heterocycles. The molecule has 0 rings (SSSR count). The lowest BCUT2D eigenvalue weighted by Crippen LogP contribution is -2.47. The molecule has 0 fully saturated rings. The minimum atomic E-state index is -1.37. The number of rotatable bonds is 5. The Hall–Kier alpha value is -1.59. The Morgan fingerprint density at radius 1 is 1.07 bits per heavy atom. The van der Waals surface area contributed by atoms with Crippen LogP contribution in [0, 0.1) is 0 Å². The quantitative estimate of drug-likeness (QED) is 0.296. The molecule has 6 nitrogen and oxygen atoms in total. The van der Waals surface area contributed by atoms with Crippen molar-refractivity contribution < 1.29 is 23.9 Å². The summed E-state index contributed by atoms with van der Waals surface area (Å²) < 4.78 is 9.24. The maximum absolute atomic E-state index is 11.3. The number of amides is 1. The Balaban J connectivity index is 4.49. The van der Waals surface area contributed by atoms with E-state index in [-0.39, 0.29) is 13.2 Å². The lowest BCUT2D eigenvalue weighted by atomic mass is 10.8. The van der Waals surface area contributed by atoms with Gasteiger partial charge in [-0.2, -0.15) is 0 Å². The first-order valence-corrected chi connectivity index (χ1v) is 4.63. The van der Waals surface area contributed by atoms with Crippen molar-refractivity contribution in [2.45, 2.75) is 26.8 Å². The molecule has 0 aliphatic heterocycles. The molecule has 0 unspecified atom stereocenters. The molecule has 1 amide bonds. The molecule has 0 saturated carbocycles. The van der Waals surface area contributed by atoms with Crippen molar-refractivity contribution in [3.63, 3.8) is 0 Å². The first-order valence-electron chi connectivity index (χ1n) is 4.63. The summed E-state index contributed by atoms with van der Waals surface area (Å²) in [5.41, 5.74) is 0. The zero-order valence-corrected chi connectivity index (χ0v) is 9.03. The SMILES string of the molecule is CCO[13C](=O)[13CH]([15NH]C(C)=O)[13C](=O)OCC. The van der Waals surface area contributed by atoms with E-state index in [4.69, 9.17) is 0 Å². The van der Waals surface area contributed by atoms with Crippen molar-refractivity contribution in [1.29, 1.82) is 0 Å². The normalized spacial score (nSPS) is 9.60. The van der Waals surface area contributed by atoms with Crippen LogP contribution < -0.4 is 5.32 Å². The van der Waals surface area contributed by atoms with Crippen molar-refractivity contribution in [1.82, 2.24) is 5.32 Å². The van der Waals surface area contributed by atoms with Crippen LogP contribution in [0.25, 0.3) is 0 Å². The van der Waals surface area contributed by atoms with E-state index in [0.29, 0.717) is 0 Å². The summed E-state index contributed by atoms with van der Waals surface area (Å²) in [5.74, 6) is -2.13. The van der Waals surface area contributed by atoms with Gasteiger partial charge in [-0.25, -0.2) is 9.59 Å². The van der Waals surface area contributed by atoms with Crippen LogP contribution in [-0.2, 0) is 23.9 Å². The highest BCUT2D eigenvalue weighted by atomic mass is 16.7. The number of nitrogens with one attached hydrogen (secondary N) is 1. The van der Waals surface area contributed by atoms with Gasteiger partial charge in [0, 0.05) is 6.92 Å². The Labute approximate surface area is 87.9 Å². The predicted molar refractivity (Wildman–Crippen MR) is 50.9 cm³/mol. The molecule has 0 aliphatic rings. The molecular weight excluding hydrogens is 206 g/mol. The van der Waals surface area contributed by atoms with Crippen LogP contribution in [0.2, 0.25) is 0 Å². The summed E-state index contributed by atoms with van der Waals surface area (Å²) in [6.45, 7) is 4.68. The first kappa shape index (κ1) is 13.4. The molecule has 0 heterocycles. The molecule has 0 bridgehead atoms. The van der Waals surface area contributed by atoms with Crippen LogP contribution in [0.15, 0.2) is 0 Å². The molecule has 0 aromatic carbocycles. The third kappa shape index (κ3) is 4.99. The maximum Gasteiger partial charge on any atom is 0.340 e. The van der Waals surface area contributed by atoms with Gasteiger partial charge in [0.05, 0.1) is 13.2 Å². The zero-order valence-electron chi connectivity index (χ0n) is 9.03. The Morgan fingerprint density at radius 2 is 1.47 bits per heavy atom. The summed E-state index contributed by atoms with van der Waals surface area (Å²) in [5, 5.41) is 2.16. The molecule has 0 aliphatic carbocycles. The smallest absolute Gasteiger partial charge is 0.340 e. The van der Waals surface area contributed by atoms with Crippen molar-refractivity contribution in [2.75, 3.05) is 13.2 Å². The van der Waals surface area contributed by atoms with Crippen LogP contribution in [0.3, 0.4) is 0 Å². The average Bonchev–Trinajstić information content (AvgIpc) is 2.14. The average molecular weight is 221 g/mol. The third-order valence-electron chi connectivity index (χ3n) is 1.39. The minimum Gasteiger partial charge on any atom is -0.464 e. The molecule has 0 radical (unpaired) electrons. The van der Waals surface area contributed by atoms with E-state index in [1.165, 1.54) is 6.92 Å². The summed E-state index contributed by atoms with van der Waals surface area (Å²) in [6, 6.07) is -1.37. The fourth-order valence-electron chi connectivity index (χ4n) is 0.869. The lowest BCUT2D eigenvalue weighted by molar-refractivity contribution is -0.159. The van der Waals surface area contributed by atoms with E-state index in [9.17, 15) is 14.4 Å². The highest BCUT2D eigenvalue weighted by molar-refractivity contribution is 6.02. The monoisotopic (exact) mass is 221 g/mol. The van der Waals surface area contributed by atoms with Crippen LogP contribution >= 0.6 is 0 Å². The van der Waals surface area contributed by atoms with Gasteiger partial charge in [0.15, 0.2) is 0 Å². The van der Waals surface area contributed by atoms with E-state index in [1.54, 1.807) is 13.8 Å².